The topological polar surface area (TPSA) is 75.7 Å². The summed E-state index contributed by atoms with van der Waals surface area (Å²) in [5.74, 6) is -3.83. The van der Waals surface area contributed by atoms with Crippen LogP contribution in [0, 0.1) is 17.6 Å². The lowest BCUT2D eigenvalue weighted by Crippen LogP contribution is -2.43. The highest BCUT2D eigenvalue weighted by Crippen LogP contribution is 2.21. The van der Waals surface area contributed by atoms with Crippen molar-refractivity contribution in [1.29, 1.82) is 0 Å². The van der Waals surface area contributed by atoms with Gasteiger partial charge in [-0.1, -0.05) is 13.0 Å². The Morgan fingerprint density at radius 2 is 1.96 bits per heavy atom. The summed E-state index contributed by atoms with van der Waals surface area (Å²) >= 11 is 0. The Bertz CT molecular complexity index is 676. The van der Waals surface area contributed by atoms with Crippen LogP contribution in [0.2, 0.25) is 0 Å². The van der Waals surface area contributed by atoms with Crippen LogP contribution in [0.1, 0.15) is 33.1 Å². The molecule has 2 amide bonds. The van der Waals surface area contributed by atoms with E-state index in [0.717, 1.165) is 12.1 Å². The average Bonchev–Trinajstić information content (AvgIpc) is 2.64. The van der Waals surface area contributed by atoms with Crippen molar-refractivity contribution in [3.05, 3.63) is 29.8 Å². The Balaban J connectivity index is 1.93. The predicted molar refractivity (Wildman–Crippen MR) is 90.1 cm³/mol. The minimum Gasteiger partial charge on any atom is -0.452 e. The molecule has 1 aromatic carbocycles. The number of para-hydroxylation sites is 1. The van der Waals surface area contributed by atoms with Crippen LogP contribution in [-0.2, 0) is 19.1 Å². The number of carbonyl (C=O) groups is 3. The number of esters is 1. The number of amides is 2. The van der Waals surface area contributed by atoms with Gasteiger partial charge in [-0.3, -0.25) is 14.4 Å². The van der Waals surface area contributed by atoms with Crippen LogP contribution in [0.15, 0.2) is 18.2 Å². The number of ether oxygens (including phenoxy) is 1. The lowest BCUT2D eigenvalue weighted by molar-refractivity contribution is -0.159. The zero-order chi connectivity index (χ0) is 19.3. The lowest BCUT2D eigenvalue weighted by atomic mass is 9.98. The number of halogens is 2. The van der Waals surface area contributed by atoms with Gasteiger partial charge in [-0.05, 0) is 31.9 Å². The molecule has 0 saturated carbocycles. The van der Waals surface area contributed by atoms with Gasteiger partial charge in [-0.2, -0.15) is 0 Å². The molecule has 1 heterocycles. The number of benzene rings is 1. The minimum absolute atomic E-state index is 0.0386. The summed E-state index contributed by atoms with van der Waals surface area (Å²) in [6.07, 6.45) is 0.364. The number of hydrogen-bond acceptors (Lipinski definition) is 4. The van der Waals surface area contributed by atoms with E-state index in [-0.39, 0.29) is 12.5 Å². The van der Waals surface area contributed by atoms with Crippen molar-refractivity contribution in [2.45, 2.75) is 39.2 Å². The van der Waals surface area contributed by atoms with E-state index in [1.54, 1.807) is 11.8 Å². The molecule has 26 heavy (non-hydrogen) atoms. The van der Waals surface area contributed by atoms with E-state index in [2.05, 4.69) is 5.32 Å². The number of likely N-dealkylation sites (tertiary alicyclic amines) is 1. The molecule has 0 bridgehead atoms. The van der Waals surface area contributed by atoms with Gasteiger partial charge in [-0.15, -0.1) is 0 Å². The second-order valence-electron chi connectivity index (χ2n) is 6.20. The molecule has 0 aliphatic carbocycles. The maximum absolute atomic E-state index is 13.6. The number of nitrogens with one attached hydrogen (secondary N) is 1. The summed E-state index contributed by atoms with van der Waals surface area (Å²) in [6, 6.07) is 3.20. The molecule has 6 nitrogen and oxygen atoms in total. The smallest absolute Gasteiger partial charge is 0.311 e. The summed E-state index contributed by atoms with van der Waals surface area (Å²) in [5, 5.41) is 2.09. The standard InChI is InChI=1S/C18H22F2N2O4/c1-3-15(23)22-9-5-6-12(10-22)18(25)26-11(2)17(24)21-16-13(19)7-4-8-14(16)20/h4,7-8,11-12H,3,5-6,9-10H2,1-2H3,(H,21,24). The van der Waals surface area contributed by atoms with Crippen LogP contribution in [-0.4, -0.2) is 41.9 Å². The molecule has 2 atom stereocenters. The Morgan fingerprint density at radius 1 is 1.31 bits per heavy atom. The van der Waals surface area contributed by atoms with Crippen LogP contribution in [0.3, 0.4) is 0 Å². The highest BCUT2D eigenvalue weighted by Gasteiger charge is 2.31. The molecule has 2 unspecified atom stereocenters. The molecule has 1 saturated heterocycles. The number of piperidine rings is 1. The van der Waals surface area contributed by atoms with Crippen molar-refractivity contribution in [2.75, 3.05) is 18.4 Å². The summed E-state index contributed by atoms with van der Waals surface area (Å²) in [7, 11) is 0. The van der Waals surface area contributed by atoms with Crippen LogP contribution < -0.4 is 5.32 Å². The molecule has 1 aliphatic rings. The van der Waals surface area contributed by atoms with Gasteiger partial charge in [-0.25, -0.2) is 8.78 Å². The number of hydrogen-bond donors (Lipinski definition) is 1. The van der Waals surface area contributed by atoms with Crippen LogP contribution in [0.25, 0.3) is 0 Å². The summed E-state index contributed by atoms with van der Waals surface area (Å²) < 4.78 is 32.3. The molecule has 0 aromatic heterocycles. The first kappa shape index (κ1) is 19.8. The number of anilines is 1. The molecule has 1 aliphatic heterocycles. The maximum Gasteiger partial charge on any atom is 0.311 e. The number of rotatable bonds is 5. The normalized spacial score (nSPS) is 18.2. The summed E-state index contributed by atoms with van der Waals surface area (Å²) in [6.45, 7) is 3.92. The summed E-state index contributed by atoms with van der Waals surface area (Å²) in [4.78, 5) is 37.7. The van der Waals surface area contributed by atoms with E-state index in [9.17, 15) is 23.2 Å². The zero-order valence-electron chi connectivity index (χ0n) is 14.8. The van der Waals surface area contributed by atoms with Crippen molar-refractivity contribution >= 4 is 23.5 Å². The molecule has 1 aromatic rings. The van der Waals surface area contributed by atoms with E-state index < -0.39 is 41.2 Å². The third-order valence-corrected chi connectivity index (χ3v) is 4.28. The molecular weight excluding hydrogens is 346 g/mol. The van der Waals surface area contributed by atoms with Gasteiger partial charge >= 0.3 is 5.97 Å². The largest absolute Gasteiger partial charge is 0.452 e. The highest BCUT2D eigenvalue weighted by atomic mass is 19.1. The Hall–Kier alpha value is -2.51. The minimum atomic E-state index is -1.22. The molecular formula is C18H22F2N2O4. The monoisotopic (exact) mass is 368 g/mol. The first-order valence-corrected chi connectivity index (χ1v) is 8.56. The first-order chi connectivity index (χ1) is 12.3. The van der Waals surface area contributed by atoms with E-state index in [1.165, 1.54) is 13.0 Å². The van der Waals surface area contributed by atoms with Gasteiger partial charge in [0.2, 0.25) is 5.91 Å². The number of carbonyl (C=O) groups excluding carboxylic acids is 3. The molecule has 1 fully saturated rings. The zero-order valence-corrected chi connectivity index (χ0v) is 14.8. The average molecular weight is 368 g/mol. The summed E-state index contributed by atoms with van der Waals surface area (Å²) in [5.41, 5.74) is -0.585. The second-order valence-corrected chi connectivity index (χ2v) is 6.20. The Labute approximate surface area is 150 Å². The van der Waals surface area contributed by atoms with E-state index in [4.69, 9.17) is 4.74 Å². The SMILES string of the molecule is CCC(=O)N1CCCC(C(=O)OC(C)C(=O)Nc2c(F)cccc2F)C1. The Morgan fingerprint density at radius 3 is 2.58 bits per heavy atom. The molecule has 8 heteroatoms. The second kappa shape index (κ2) is 8.73. The van der Waals surface area contributed by atoms with Gasteiger partial charge in [0.1, 0.15) is 17.3 Å². The van der Waals surface area contributed by atoms with Crippen LogP contribution in [0.5, 0.6) is 0 Å². The highest BCUT2D eigenvalue weighted by molar-refractivity contribution is 5.95. The van der Waals surface area contributed by atoms with E-state index in [1.807, 2.05) is 0 Å². The van der Waals surface area contributed by atoms with Crippen molar-refractivity contribution in [3.63, 3.8) is 0 Å². The lowest BCUT2D eigenvalue weighted by Gasteiger charge is -2.31. The quantitative estimate of drug-likeness (QED) is 0.810. The van der Waals surface area contributed by atoms with Crippen molar-refractivity contribution in [2.24, 2.45) is 5.92 Å². The van der Waals surface area contributed by atoms with Crippen molar-refractivity contribution in [3.8, 4) is 0 Å². The van der Waals surface area contributed by atoms with Gasteiger partial charge in [0.15, 0.2) is 6.10 Å². The van der Waals surface area contributed by atoms with Gasteiger partial charge in [0.25, 0.3) is 5.91 Å². The van der Waals surface area contributed by atoms with E-state index in [0.29, 0.717) is 25.8 Å². The first-order valence-electron chi connectivity index (χ1n) is 8.56. The predicted octanol–water partition coefficient (Wildman–Crippen LogP) is 2.48. The Kier molecular flexibility index (Phi) is 6.65. The van der Waals surface area contributed by atoms with Gasteiger partial charge in [0, 0.05) is 19.5 Å². The van der Waals surface area contributed by atoms with Crippen LogP contribution >= 0.6 is 0 Å². The molecule has 142 valence electrons. The number of nitrogens with zero attached hydrogens (tertiary/aromatic N) is 1. The van der Waals surface area contributed by atoms with Crippen molar-refractivity contribution in [1.82, 2.24) is 4.90 Å². The van der Waals surface area contributed by atoms with Gasteiger partial charge < -0.3 is 15.0 Å². The fourth-order valence-electron chi connectivity index (χ4n) is 2.79. The molecule has 0 radical (unpaired) electrons. The molecule has 1 N–H and O–H groups in total. The van der Waals surface area contributed by atoms with Crippen LogP contribution in [0.4, 0.5) is 14.5 Å². The fraction of sp³-hybridized carbons (Fsp3) is 0.500. The third kappa shape index (κ3) is 4.77. The molecule has 2 rings (SSSR count). The van der Waals surface area contributed by atoms with E-state index >= 15 is 0 Å². The van der Waals surface area contributed by atoms with Gasteiger partial charge in [0.05, 0.1) is 5.92 Å². The van der Waals surface area contributed by atoms with Crippen molar-refractivity contribution < 1.29 is 27.9 Å². The molecule has 0 spiro atoms. The maximum atomic E-state index is 13.6. The fourth-order valence-corrected chi connectivity index (χ4v) is 2.79. The third-order valence-electron chi connectivity index (χ3n) is 4.28.